The molecule has 1 fully saturated rings. The lowest BCUT2D eigenvalue weighted by Gasteiger charge is -2.11. The smallest absolute Gasteiger partial charge is 0.261 e. The van der Waals surface area contributed by atoms with Crippen molar-refractivity contribution in [2.45, 2.75) is 19.9 Å². The Labute approximate surface area is 152 Å². The zero-order valence-corrected chi connectivity index (χ0v) is 15.1. The lowest BCUT2D eigenvalue weighted by Crippen LogP contribution is -2.28. The van der Waals surface area contributed by atoms with E-state index in [2.05, 4.69) is 24.3 Å². The number of ketones is 1. The van der Waals surface area contributed by atoms with Crippen LogP contribution < -0.4 is 0 Å². The van der Waals surface area contributed by atoms with Crippen molar-refractivity contribution in [3.63, 3.8) is 0 Å². The second kappa shape index (κ2) is 7.00. The monoisotopic (exact) mass is 347 g/mol. The lowest BCUT2D eigenvalue weighted by molar-refractivity contribution is -0.125. The molecule has 0 aromatic heterocycles. The number of benzene rings is 2. The fourth-order valence-corrected chi connectivity index (χ4v) is 2.98. The van der Waals surface area contributed by atoms with Gasteiger partial charge >= 0.3 is 0 Å². The number of carbonyl (C=O) groups excluding carboxylic acids is 2. The van der Waals surface area contributed by atoms with Crippen molar-refractivity contribution in [3.8, 4) is 0 Å². The van der Waals surface area contributed by atoms with Gasteiger partial charge in [-0.3, -0.25) is 9.59 Å². The van der Waals surface area contributed by atoms with E-state index in [1.165, 1.54) is 16.4 Å². The highest BCUT2D eigenvalue weighted by Gasteiger charge is 2.39. The Bertz CT molecular complexity index is 960. The van der Waals surface area contributed by atoms with Gasteiger partial charge in [0.05, 0.1) is 6.04 Å². The molecule has 1 saturated heterocycles. The molecule has 0 aliphatic carbocycles. The predicted molar refractivity (Wildman–Crippen MR) is 104 cm³/mol. The van der Waals surface area contributed by atoms with Crippen LogP contribution in [0.5, 0.6) is 0 Å². The number of aliphatic hydroxyl groups excluding tert-OH is 1. The first kappa shape index (κ1) is 17.7. The molecule has 0 spiro atoms. The average molecular weight is 347 g/mol. The quantitative estimate of drug-likeness (QED) is 0.394. The fourth-order valence-electron chi connectivity index (χ4n) is 2.98. The van der Waals surface area contributed by atoms with Gasteiger partial charge in [-0.2, -0.15) is 0 Å². The molecule has 1 atom stereocenters. The minimum atomic E-state index is -0.540. The summed E-state index contributed by atoms with van der Waals surface area (Å²) in [6, 6.07) is 13.8. The van der Waals surface area contributed by atoms with Gasteiger partial charge in [-0.05, 0) is 42.3 Å². The topological polar surface area (TPSA) is 57.6 Å². The Morgan fingerprint density at radius 3 is 2.42 bits per heavy atom. The van der Waals surface area contributed by atoms with Crippen molar-refractivity contribution in [1.82, 2.24) is 4.90 Å². The third-order valence-corrected chi connectivity index (χ3v) is 4.67. The van der Waals surface area contributed by atoms with E-state index < -0.39 is 11.9 Å². The third kappa shape index (κ3) is 3.31. The minimum Gasteiger partial charge on any atom is -0.507 e. The number of likely N-dealkylation sites (tertiary alicyclic amines) is 1. The van der Waals surface area contributed by atoms with E-state index in [4.69, 9.17) is 0 Å². The number of amides is 1. The lowest BCUT2D eigenvalue weighted by atomic mass is 10.0. The Kier molecular flexibility index (Phi) is 4.76. The number of aliphatic hydroxyl groups is 1. The standard InChI is InChI=1S/C22H21NO3/c1-14(12-16-9-10-17-6-4-5-7-18(17)13-16)8-11-19(24)20-21(25)15(2)23(3)22(20)26/h4-13,15,24H,1-3H3/b11-8+,14-12+,20-19-. The van der Waals surface area contributed by atoms with E-state index in [0.717, 1.165) is 16.5 Å². The summed E-state index contributed by atoms with van der Waals surface area (Å²) in [5, 5.41) is 12.5. The first-order valence-corrected chi connectivity index (χ1v) is 8.48. The molecule has 3 rings (SSSR count). The number of hydrogen-bond donors (Lipinski definition) is 1. The maximum Gasteiger partial charge on any atom is 0.261 e. The number of likely N-dealkylation sites (N-methyl/N-ethyl adjacent to an activating group) is 1. The Morgan fingerprint density at radius 2 is 1.77 bits per heavy atom. The Hall–Kier alpha value is -3.14. The van der Waals surface area contributed by atoms with Gasteiger partial charge in [0.25, 0.3) is 5.91 Å². The number of allylic oxidation sites excluding steroid dienone is 3. The van der Waals surface area contributed by atoms with E-state index >= 15 is 0 Å². The molecular formula is C22H21NO3. The zero-order chi connectivity index (χ0) is 18.8. The molecule has 4 nitrogen and oxygen atoms in total. The Morgan fingerprint density at radius 1 is 1.08 bits per heavy atom. The molecule has 132 valence electrons. The van der Waals surface area contributed by atoms with Crippen LogP contribution >= 0.6 is 0 Å². The van der Waals surface area contributed by atoms with E-state index in [1.807, 2.05) is 31.2 Å². The molecule has 0 radical (unpaired) electrons. The van der Waals surface area contributed by atoms with Crippen molar-refractivity contribution < 1.29 is 14.7 Å². The first-order valence-electron chi connectivity index (χ1n) is 8.48. The summed E-state index contributed by atoms with van der Waals surface area (Å²) in [6.07, 6.45) is 5.08. The minimum absolute atomic E-state index is 0.144. The number of Topliss-reactive ketones (excluding diaryl/α,β-unsaturated/α-hetero) is 1. The van der Waals surface area contributed by atoms with Crippen LogP contribution in [0.4, 0.5) is 0 Å². The van der Waals surface area contributed by atoms with Gasteiger partial charge in [0.2, 0.25) is 0 Å². The van der Waals surface area contributed by atoms with Crippen molar-refractivity contribution >= 4 is 28.5 Å². The van der Waals surface area contributed by atoms with Gasteiger partial charge in [-0.1, -0.05) is 54.1 Å². The van der Waals surface area contributed by atoms with Gasteiger partial charge in [0, 0.05) is 7.05 Å². The van der Waals surface area contributed by atoms with Crippen LogP contribution in [0.2, 0.25) is 0 Å². The number of rotatable bonds is 3. The summed E-state index contributed by atoms with van der Waals surface area (Å²) in [4.78, 5) is 25.5. The first-order chi connectivity index (χ1) is 12.4. The van der Waals surface area contributed by atoms with E-state index in [-0.39, 0.29) is 17.1 Å². The van der Waals surface area contributed by atoms with Crippen molar-refractivity contribution in [1.29, 1.82) is 0 Å². The molecule has 0 saturated carbocycles. The van der Waals surface area contributed by atoms with Crippen LogP contribution in [0.1, 0.15) is 19.4 Å². The summed E-state index contributed by atoms with van der Waals surface area (Å²) in [7, 11) is 1.56. The largest absolute Gasteiger partial charge is 0.507 e. The molecule has 4 heteroatoms. The summed E-state index contributed by atoms with van der Waals surface area (Å²) in [5.41, 5.74) is 1.79. The average Bonchev–Trinajstić information content (AvgIpc) is 2.83. The summed E-state index contributed by atoms with van der Waals surface area (Å²) in [5.74, 6) is -1.08. The van der Waals surface area contributed by atoms with E-state index in [0.29, 0.717) is 0 Å². The molecule has 2 aromatic carbocycles. The number of nitrogens with zero attached hydrogens (tertiary/aromatic N) is 1. The molecule has 1 unspecified atom stereocenters. The Balaban J connectivity index is 1.85. The molecular weight excluding hydrogens is 326 g/mol. The molecule has 0 bridgehead atoms. The number of hydrogen-bond acceptors (Lipinski definition) is 3. The van der Waals surface area contributed by atoms with Crippen LogP contribution in [-0.2, 0) is 9.59 Å². The highest BCUT2D eigenvalue weighted by atomic mass is 16.3. The summed E-state index contributed by atoms with van der Waals surface area (Å²) in [6.45, 7) is 3.55. The SMILES string of the molecule is CC(/C=C/C(O)=C1\C(=O)C(C)N(C)C1=O)=C\c1ccc2ccccc2c1. The number of fused-ring (bicyclic) bond motifs is 1. The van der Waals surface area contributed by atoms with E-state index in [1.54, 1.807) is 20.0 Å². The predicted octanol–water partition coefficient (Wildman–Crippen LogP) is 4.04. The van der Waals surface area contributed by atoms with Crippen LogP contribution in [0.25, 0.3) is 16.8 Å². The second-order valence-corrected chi connectivity index (χ2v) is 6.54. The van der Waals surface area contributed by atoms with Crippen molar-refractivity contribution in [2.75, 3.05) is 7.05 Å². The molecule has 1 aliphatic rings. The number of carbonyl (C=O) groups is 2. The molecule has 26 heavy (non-hydrogen) atoms. The fraction of sp³-hybridized carbons (Fsp3) is 0.182. The van der Waals surface area contributed by atoms with Gasteiger partial charge < -0.3 is 10.0 Å². The van der Waals surface area contributed by atoms with Crippen LogP contribution in [0.15, 0.2) is 71.5 Å². The molecule has 1 heterocycles. The van der Waals surface area contributed by atoms with Crippen LogP contribution in [0, 0.1) is 0 Å². The van der Waals surface area contributed by atoms with Crippen molar-refractivity contribution in [3.05, 3.63) is 77.1 Å². The van der Waals surface area contributed by atoms with Gasteiger partial charge in [-0.25, -0.2) is 0 Å². The van der Waals surface area contributed by atoms with E-state index in [9.17, 15) is 14.7 Å². The highest BCUT2D eigenvalue weighted by Crippen LogP contribution is 2.22. The molecule has 2 aromatic rings. The van der Waals surface area contributed by atoms with Crippen molar-refractivity contribution in [2.24, 2.45) is 0 Å². The normalized spacial score (nSPS) is 20.5. The third-order valence-electron chi connectivity index (χ3n) is 4.67. The highest BCUT2D eigenvalue weighted by molar-refractivity contribution is 6.26. The van der Waals surface area contributed by atoms with Crippen LogP contribution in [-0.4, -0.2) is 34.8 Å². The van der Waals surface area contributed by atoms with Gasteiger partial charge in [0.15, 0.2) is 5.78 Å². The zero-order valence-electron chi connectivity index (χ0n) is 15.1. The summed E-state index contributed by atoms with van der Waals surface area (Å²) >= 11 is 0. The van der Waals surface area contributed by atoms with Gasteiger partial charge in [-0.15, -0.1) is 0 Å². The molecule has 1 N–H and O–H groups in total. The maximum atomic E-state index is 12.1. The second-order valence-electron chi connectivity index (χ2n) is 6.54. The molecule has 1 aliphatic heterocycles. The van der Waals surface area contributed by atoms with Crippen LogP contribution in [0.3, 0.4) is 0 Å². The maximum absolute atomic E-state index is 12.1. The van der Waals surface area contributed by atoms with Gasteiger partial charge in [0.1, 0.15) is 11.3 Å². The summed E-state index contributed by atoms with van der Waals surface area (Å²) < 4.78 is 0. The molecule has 1 amide bonds.